The van der Waals surface area contributed by atoms with Crippen molar-refractivity contribution >= 4 is 62.4 Å². The minimum atomic E-state index is 0.734. The van der Waals surface area contributed by atoms with Crippen LogP contribution in [0.15, 0.2) is 18.3 Å². The Morgan fingerprint density at radius 1 is 1.31 bits per heavy atom. The average molecular weight is 397 g/mol. The molecule has 4 heteroatoms. The number of fused-ring (bicyclic) bond motifs is 1. The number of H-pyrrole nitrogens is 1. The van der Waals surface area contributed by atoms with E-state index in [0.717, 1.165) is 26.3 Å². The summed E-state index contributed by atoms with van der Waals surface area (Å²) in [7, 11) is 0. The molecule has 0 aliphatic rings. The highest BCUT2D eigenvalue weighted by molar-refractivity contribution is 14.1. The van der Waals surface area contributed by atoms with E-state index in [1.54, 1.807) is 6.20 Å². The van der Waals surface area contributed by atoms with Crippen molar-refractivity contribution in [3.05, 3.63) is 31.0 Å². The summed E-state index contributed by atoms with van der Waals surface area (Å²) in [5, 5.41) is 1.03. The zero-order valence-electron chi connectivity index (χ0n) is 6.47. The van der Waals surface area contributed by atoms with Gasteiger partial charge in [0.05, 0.1) is 0 Å². The molecule has 1 N–H and O–H groups in total. The molecule has 0 aliphatic carbocycles. The van der Waals surface area contributed by atoms with E-state index in [2.05, 4.69) is 50.2 Å². The Bertz CT molecular complexity index is 476. The summed E-state index contributed by atoms with van der Waals surface area (Å²) >= 11 is 4.53. The largest absolute Gasteiger partial charge is 0.360 e. The van der Waals surface area contributed by atoms with Crippen molar-refractivity contribution in [3.63, 3.8) is 0 Å². The van der Waals surface area contributed by atoms with Gasteiger partial charge in [-0.3, -0.25) is 4.79 Å². The third-order valence-electron chi connectivity index (χ3n) is 1.89. The van der Waals surface area contributed by atoms with Crippen LogP contribution < -0.4 is 0 Å². The first-order valence-electron chi connectivity index (χ1n) is 3.64. The zero-order valence-corrected chi connectivity index (χ0v) is 10.8. The van der Waals surface area contributed by atoms with Gasteiger partial charge in [-0.1, -0.05) is 0 Å². The fourth-order valence-corrected chi connectivity index (χ4v) is 2.50. The maximum atomic E-state index is 10.7. The SMILES string of the molecule is O=Cc1c[nH]c2ccc(I)c(I)c12. The molecule has 2 aromatic rings. The van der Waals surface area contributed by atoms with Gasteiger partial charge in [0, 0.05) is 29.8 Å². The summed E-state index contributed by atoms with van der Waals surface area (Å²) in [6.07, 6.45) is 2.63. The summed E-state index contributed by atoms with van der Waals surface area (Å²) in [4.78, 5) is 13.8. The van der Waals surface area contributed by atoms with E-state index in [4.69, 9.17) is 0 Å². The van der Waals surface area contributed by atoms with Gasteiger partial charge in [-0.25, -0.2) is 0 Å². The number of hydrogen-bond acceptors (Lipinski definition) is 1. The highest BCUT2D eigenvalue weighted by Gasteiger charge is 2.08. The number of hydrogen-bond donors (Lipinski definition) is 1. The maximum Gasteiger partial charge on any atom is 0.152 e. The van der Waals surface area contributed by atoms with Gasteiger partial charge in [-0.15, -0.1) is 0 Å². The van der Waals surface area contributed by atoms with Gasteiger partial charge in [0.2, 0.25) is 0 Å². The number of aldehydes is 1. The van der Waals surface area contributed by atoms with Gasteiger partial charge in [-0.05, 0) is 57.3 Å². The summed E-state index contributed by atoms with van der Waals surface area (Å²) in [5.74, 6) is 0. The second-order valence-corrected chi connectivity index (χ2v) is 4.89. The third kappa shape index (κ3) is 1.50. The predicted octanol–water partition coefficient (Wildman–Crippen LogP) is 3.19. The molecule has 0 fully saturated rings. The number of rotatable bonds is 1. The summed E-state index contributed by atoms with van der Waals surface area (Å²) in [5.41, 5.74) is 1.75. The van der Waals surface area contributed by atoms with E-state index in [1.807, 2.05) is 12.1 Å². The quantitative estimate of drug-likeness (QED) is 0.582. The number of carbonyl (C=O) groups is 1. The molecule has 2 nitrogen and oxygen atoms in total. The van der Waals surface area contributed by atoms with Crippen molar-refractivity contribution in [2.75, 3.05) is 0 Å². The Morgan fingerprint density at radius 2 is 2.08 bits per heavy atom. The maximum absolute atomic E-state index is 10.7. The summed E-state index contributed by atoms with van der Waals surface area (Å²) in [6, 6.07) is 4.03. The number of benzene rings is 1. The molecule has 0 unspecified atom stereocenters. The number of nitrogens with one attached hydrogen (secondary N) is 1. The first-order chi connectivity index (χ1) is 6.24. The lowest BCUT2D eigenvalue weighted by molar-refractivity contribution is 0.112. The van der Waals surface area contributed by atoms with E-state index in [-0.39, 0.29) is 0 Å². The lowest BCUT2D eigenvalue weighted by atomic mass is 10.2. The summed E-state index contributed by atoms with van der Waals surface area (Å²) < 4.78 is 2.31. The Labute approximate surface area is 102 Å². The zero-order chi connectivity index (χ0) is 9.42. The van der Waals surface area contributed by atoms with E-state index >= 15 is 0 Å². The predicted molar refractivity (Wildman–Crippen MR) is 69.1 cm³/mol. The average Bonchev–Trinajstić information content (AvgIpc) is 2.55. The highest BCUT2D eigenvalue weighted by atomic mass is 127. The van der Waals surface area contributed by atoms with Crippen LogP contribution in [0.5, 0.6) is 0 Å². The highest BCUT2D eigenvalue weighted by Crippen LogP contribution is 2.27. The minimum Gasteiger partial charge on any atom is -0.360 e. The molecule has 0 atom stereocenters. The Kier molecular flexibility index (Phi) is 2.59. The molecule has 13 heavy (non-hydrogen) atoms. The van der Waals surface area contributed by atoms with E-state index in [1.165, 1.54) is 3.57 Å². The van der Waals surface area contributed by atoms with Crippen molar-refractivity contribution in [1.82, 2.24) is 4.98 Å². The van der Waals surface area contributed by atoms with Crippen LogP contribution >= 0.6 is 45.2 Å². The molecule has 0 saturated carbocycles. The van der Waals surface area contributed by atoms with Crippen LogP contribution in [0.4, 0.5) is 0 Å². The Hall–Kier alpha value is -0.110. The molecule has 1 aromatic carbocycles. The monoisotopic (exact) mass is 397 g/mol. The van der Waals surface area contributed by atoms with E-state index in [9.17, 15) is 4.79 Å². The third-order valence-corrected chi connectivity index (χ3v) is 4.95. The van der Waals surface area contributed by atoms with Gasteiger partial charge >= 0.3 is 0 Å². The fraction of sp³-hybridized carbons (Fsp3) is 0. The van der Waals surface area contributed by atoms with Crippen molar-refractivity contribution in [3.8, 4) is 0 Å². The van der Waals surface area contributed by atoms with Crippen LogP contribution in [0.1, 0.15) is 10.4 Å². The van der Waals surface area contributed by atoms with Crippen LogP contribution in [-0.2, 0) is 0 Å². The molecule has 0 aliphatic heterocycles. The van der Waals surface area contributed by atoms with Crippen LogP contribution in [0, 0.1) is 7.14 Å². The van der Waals surface area contributed by atoms with Crippen molar-refractivity contribution in [2.24, 2.45) is 0 Å². The van der Waals surface area contributed by atoms with Crippen molar-refractivity contribution in [1.29, 1.82) is 0 Å². The Balaban J connectivity index is 2.93. The van der Waals surface area contributed by atoms with Crippen LogP contribution in [0.25, 0.3) is 10.9 Å². The summed E-state index contributed by atoms with van der Waals surface area (Å²) in [6.45, 7) is 0. The molecule has 0 bridgehead atoms. The molecule has 0 saturated heterocycles. The van der Waals surface area contributed by atoms with Gasteiger partial charge in [-0.2, -0.15) is 0 Å². The number of aromatic nitrogens is 1. The molecular formula is C9H5I2NO. The standard InChI is InChI=1S/C9H5I2NO/c10-6-1-2-7-8(9(6)11)5(4-13)3-12-7/h1-4,12H. The van der Waals surface area contributed by atoms with Crippen molar-refractivity contribution in [2.45, 2.75) is 0 Å². The molecule has 1 heterocycles. The molecule has 2 rings (SSSR count). The van der Waals surface area contributed by atoms with Crippen LogP contribution in [-0.4, -0.2) is 11.3 Å². The number of carbonyl (C=O) groups excluding carboxylic acids is 1. The Morgan fingerprint density at radius 3 is 2.77 bits per heavy atom. The second-order valence-electron chi connectivity index (χ2n) is 2.65. The topological polar surface area (TPSA) is 32.9 Å². The molecule has 0 spiro atoms. The lowest BCUT2D eigenvalue weighted by Gasteiger charge is -1.98. The van der Waals surface area contributed by atoms with Gasteiger partial charge in [0.15, 0.2) is 6.29 Å². The molecule has 1 aromatic heterocycles. The first kappa shape index (κ1) is 9.45. The number of halogens is 2. The normalized spacial score (nSPS) is 10.6. The fourth-order valence-electron chi connectivity index (χ4n) is 1.27. The number of aromatic amines is 1. The molecule has 0 amide bonds. The van der Waals surface area contributed by atoms with Crippen molar-refractivity contribution < 1.29 is 4.79 Å². The molecular weight excluding hydrogens is 392 g/mol. The molecule has 66 valence electrons. The van der Waals surface area contributed by atoms with Gasteiger partial charge in [0.1, 0.15) is 0 Å². The second kappa shape index (κ2) is 3.56. The van der Waals surface area contributed by atoms with Gasteiger partial charge < -0.3 is 4.98 Å². The van der Waals surface area contributed by atoms with Crippen LogP contribution in [0.3, 0.4) is 0 Å². The smallest absolute Gasteiger partial charge is 0.152 e. The van der Waals surface area contributed by atoms with E-state index < -0.39 is 0 Å². The minimum absolute atomic E-state index is 0.734. The van der Waals surface area contributed by atoms with Crippen LogP contribution in [0.2, 0.25) is 0 Å². The molecule has 0 radical (unpaired) electrons. The van der Waals surface area contributed by atoms with E-state index in [0.29, 0.717) is 0 Å². The lowest BCUT2D eigenvalue weighted by Crippen LogP contribution is -1.83. The first-order valence-corrected chi connectivity index (χ1v) is 5.80. The van der Waals surface area contributed by atoms with Gasteiger partial charge in [0.25, 0.3) is 0 Å².